The van der Waals surface area contributed by atoms with Gasteiger partial charge >= 0.3 is 0 Å². The minimum absolute atomic E-state index is 0.697. The average molecular weight is 235 g/mol. The molecule has 1 aliphatic rings. The van der Waals surface area contributed by atoms with Gasteiger partial charge in [0, 0.05) is 0 Å². The lowest BCUT2D eigenvalue weighted by molar-refractivity contribution is 0.135. The van der Waals surface area contributed by atoms with E-state index in [0.717, 1.165) is 12.8 Å². The molecule has 15 heavy (non-hydrogen) atoms. The Balaban J connectivity index is 0.000000280. The van der Waals surface area contributed by atoms with Crippen LogP contribution in [-0.2, 0) is 0 Å². The highest BCUT2D eigenvalue weighted by Gasteiger charge is 2.13. The summed E-state index contributed by atoms with van der Waals surface area (Å²) < 4.78 is 0. The summed E-state index contributed by atoms with van der Waals surface area (Å²) in [5.74, 6) is 0. The fourth-order valence-corrected chi connectivity index (χ4v) is 1.89. The van der Waals surface area contributed by atoms with E-state index in [1.165, 1.54) is 44.9 Å². The molecule has 1 fully saturated rings. The molecule has 0 aliphatic heterocycles. The van der Waals surface area contributed by atoms with Crippen molar-refractivity contribution in [3.8, 4) is 0 Å². The zero-order chi connectivity index (χ0) is 11.6. The number of unbranched alkanes of at least 4 members (excludes halogenated alkanes) is 2. The molecule has 1 unspecified atom stereocenters. The van der Waals surface area contributed by atoms with E-state index < -0.39 is 5.06 Å². The van der Waals surface area contributed by atoms with Gasteiger partial charge in [-0.25, -0.2) is 0 Å². The molecule has 0 aromatic heterocycles. The highest BCUT2D eigenvalue weighted by Crippen LogP contribution is 2.18. The molecule has 0 amide bonds. The zero-order valence-corrected chi connectivity index (χ0v) is 11.2. The molecule has 1 nitrogen and oxygen atoms in total. The van der Waals surface area contributed by atoms with Gasteiger partial charge in [-0.2, -0.15) is 0 Å². The summed E-state index contributed by atoms with van der Waals surface area (Å²) >= 11 is 5.52. The van der Waals surface area contributed by atoms with E-state index in [9.17, 15) is 0 Å². The molecule has 0 radical (unpaired) electrons. The molecule has 1 atom stereocenters. The Labute approximate surface area is 100 Å². The minimum atomic E-state index is -0.977. The first-order valence-corrected chi connectivity index (χ1v) is 6.85. The smallest absolute Gasteiger partial charge is 0.135 e. The normalized spacial score (nSPS) is 20.0. The molecule has 0 bridgehead atoms. The molecule has 2 heteroatoms. The summed E-state index contributed by atoms with van der Waals surface area (Å²) in [7, 11) is 0. The third kappa shape index (κ3) is 14.2. The predicted molar refractivity (Wildman–Crippen MR) is 68.3 cm³/mol. The van der Waals surface area contributed by atoms with Gasteiger partial charge in [0.15, 0.2) is 0 Å². The average Bonchev–Trinajstić information content (AvgIpc) is 2.20. The molecule has 1 rings (SSSR count). The Morgan fingerprint density at radius 2 is 1.40 bits per heavy atom. The SMILES string of the molecule is C1CCCCC1.CCCCCC(C)(O)Cl. The lowest BCUT2D eigenvalue weighted by Gasteiger charge is -2.12. The number of aliphatic hydroxyl groups is 1. The first kappa shape index (κ1) is 15.2. The van der Waals surface area contributed by atoms with Gasteiger partial charge in [0.1, 0.15) is 5.06 Å². The molecule has 0 aromatic carbocycles. The Morgan fingerprint density at radius 1 is 1.00 bits per heavy atom. The number of hydrogen-bond acceptors (Lipinski definition) is 1. The molecule has 0 saturated heterocycles. The van der Waals surface area contributed by atoms with Crippen LogP contribution in [0.15, 0.2) is 0 Å². The largest absolute Gasteiger partial charge is 0.375 e. The fourth-order valence-electron chi connectivity index (χ4n) is 1.76. The number of rotatable bonds is 4. The van der Waals surface area contributed by atoms with Crippen LogP contribution in [-0.4, -0.2) is 10.2 Å². The van der Waals surface area contributed by atoms with Crippen molar-refractivity contribution >= 4 is 11.6 Å². The van der Waals surface area contributed by atoms with Crippen molar-refractivity contribution in [3.63, 3.8) is 0 Å². The third-order valence-electron chi connectivity index (χ3n) is 2.74. The second-order valence-corrected chi connectivity index (χ2v) is 5.54. The molecule has 92 valence electrons. The predicted octanol–water partition coefficient (Wildman–Crippen LogP) is 4.85. The van der Waals surface area contributed by atoms with Crippen LogP contribution in [0.5, 0.6) is 0 Å². The van der Waals surface area contributed by atoms with Crippen LogP contribution in [0.25, 0.3) is 0 Å². The van der Waals surface area contributed by atoms with Gasteiger partial charge in [-0.15, -0.1) is 0 Å². The van der Waals surface area contributed by atoms with Crippen LogP contribution < -0.4 is 0 Å². The van der Waals surface area contributed by atoms with Crippen molar-refractivity contribution in [2.24, 2.45) is 0 Å². The lowest BCUT2D eigenvalue weighted by atomic mass is 10.0. The van der Waals surface area contributed by atoms with Crippen LogP contribution in [0.1, 0.15) is 78.1 Å². The first-order chi connectivity index (χ1) is 7.06. The Hall–Kier alpha value is 0.250. The fraction of sp³-hybridized carbons (Fsp3) is 1.00. The minimum Gasteiger partial charge on any atom is -0.375 e. The van der Waals surface area contributed by atoms with Crippen LogP contribution >= 0.6 is 11.6 Å². The van der Waals surface area contributed by atoms with Crippen molar-refractivity contribution in [1.82, 2.24) is 0 Å². The highest BCUT2D eigenvalue weighted by molar-refractivity contribution is 6.22. The molecule has 1 N–H and O–H groups in total. The summed E-state index contributed by atoms with van der Waals surface area (Å²) in [5, 5.41) is 8.03. The number of halogens is 1. The topological polar surface area (TPSA) is 20.2 Å². The quantitative estimate of drug-likeness (QED) is 0.544. The molecule has 0 heterocycles. The van der Waals surface area contributed by atoms with Gasteiger partial charge in [-0.3, -0.25) is 0 Å². The van der Waals surface area contributed by atoms with Gasteiger partial charge in [0.2, 0.25) is 0 Å². The lowest BCUT2D eigenvalue weighted by Crippen LogP contribution is -2.13. The van der Waals surface area contributed by atoms with Gasteiger partial charge in [0.05, 0.1) is 0 Å². The second kappa shape index (κ2) is 9.47. The van der Waals surface area contributed by atoms with E-state index in [2.05, 4.69) is 6.92 Å². The van der Waals surface area contributed by atoms with E-state index in [1.807, 2.05) is 0 Å². The van der Waals surface area contributed by atoms with Crippen molar-refractivity contribution in [3.05, 3.63) is 0 Å². The van der Waals surface area contributed by atoms with Crippen molar-refractivity contribution in [1.29, 1.82) is 0 Å². The zero-order valence-electron chi connectivity index (χ0n) is 10.4. The molecule has 0 spiro atoms. The van der Waals surface area contributed by atoms with Crippen molar-refractivity contribution in [2.45, 2.75) is 83.1 Å². The summed E-state index contributed by atoms with van der Waals surface area (Å²) in [4.78, 5) is 0. The van der Waals surface area contributed by atoms with Gasteiger partial charge in [0.25, 0.3) is 0 Å². The first-order valence-electron chi connectivity index (χ1n) is 6.47. The summed E-state index contributed by atoms with van der Waals surface area (Å²) in [6.45, 7) is 3.76. The number of alkyl halides is 1. The van der Waals surface area contributed by atoms with E-state index in [1.54, 1.807) is 6.92 Å². The van der Waals surface area contributed by atoms with E-state index >= 15 is 0 Å². The number of hydrogen-bond donors (Lipinski definition) is 1. The van der Waals surface area contributed by atoms with Crippen LogP contribution in [0.2, 0.25) is 0 Å². The van der Waals surface area contributed by atoms with Crippen LogP contribution in [0, 0.1) is 0 Å². The van der Waals surface area contributed by atoms with Gasteiger partial charge in [-0.1, -0.05) is 69.9 Å². The second-order valence-electron chi connectivity index (χ2n) is 4.72. The monoisotopic (exact) mass is 234 g/mol. The molecular weight excluding hydrogens is 208 g/mol. The van der Waals surface area contributed by atoms with E-state index in [0.29, 0.717) is 6.42 Å². The molecular formula is C13H27ClO. The Kier molecular flexibility index (Phi) is 9.63. The van der Waals surface area contributed by atoms with Crippen molar-refractivity contribution in [2.75, 3.05) is 0 Å². The third-order valence-corrected chi connectivity index (χ3v) is 2.93. The van der Waals surface area contributed by atoms with Crippen LogP contribution in [0.3, 0.4) is 0 Å². The van der Waals surface area contributed by atoms with Crippen molar-refractivity contribution < 1.29 is 5.11 Å². The van der Waals surface area contributed by atoms with Gasteiger partial charge < -0.3 is 5.11 Å². The maximum absolute atomic E-state index is 9.01. The maximum atomic E-state index is 9.01. The Morgan fingerprint density at radius 3 is 1.67 bits per heavy atom. The summed E-state index contributed by atoms with van der Waals surface area (Å²) in [6, 6.07) is 0. The highest BCUT2D eigenvalue weighted by atomic mass is 35.5. The molecule has 1 aliphatic carbocycles. The summed E-state index contributed by atoms with van der Waals surface area (Å²) in [5.41, 5.74) is 0. The van der Waals surface area contributed by atoms with E-state index in [-0.39, 0.29) is 0 Å². The van der Waals surface area contributed by atoms with Crippen LogP contribution in [0.4, 0.5) is 0 Å². The van der Waals surface area contributed by atoms with E-state index in [4.69, 9.17) is 16.7 Å². The van der Waals surface area contributed by atoms with Gasteiger partial charge in [-0.05, 0) is 19.8 Å². The maximum Gasteiger partial charge on any atom is 0.135 e. The molecule has 1 saturated carbocycles. The molecule has 0 aromatic rings. The summed E-state index contributed by atoms with van der Waals surface area (Å²) in [6.07, 6.45) is 13.0. The standard InChI is InChI=1S/C7H15ClO.C6H12/c1-3-4-5-6-7(2,8)9;1-2-4-6-5-3-1/h9H,3-6H2,1-2H3;1-6H2. The Bertz CT molecular complexity index is 113.